The van der Waals surface area contributed by atoms with E-state index in [9.17, 15) is 18.0 Å². The summed E-state index contributed by atoms with van der Waals surface area (Å²) in [5, 5.41) is 0.563. The Morgan fingerprint density at radius 2 is 1.97 bits per heavy atom. The second-order valence-electron chi connectivity index (χ2n) is 9.93. The Morgan fingerprint density at radius 1 is 1.27 bits per heavy atom. The molecule has 0 N–H and O–H groups in total. The predicted octanol–water partition coefficient (Wildman–Crippen LogP) is 5.46. The zero-order valence-electron chi connectivity index (χ0n) is 21.8. The summed E-state index contributed by atoms with van der Waals surface area (Å²) in [6.07, 6.45) is -2.65. The number of pyridine rings is 1. The van der Waals surface area contributed by atoms with Crippen molar-refractivity contribution in [3.63, 3.8) is 0 Å². The molecule has 0 bridgehead atoms. The monoisotopic (exact) mass is 517 g/mol. The van der Waals surface area contributed by atoms with Crippen LogP contribution in [0.25, 0.3) is 10.9 Å². The number of nitrogens with zero attached hydrogens (tertiary/aromatic N) is 5. The molecular formula is C27H31F4N5O. The minimum Gasteiger partial charge on any atom is -0.340 e. The van der Waals surface area contributed by atoms with Crippen molar-refractivity contribution in [2.75, 3.05) is 6.54 Å². The van der Waals surface area contributed by atoms with Crippen molar-refractivity contribution in [2.45, 2.75) is 71.4 Å². The van der Waals surface area contributed by atoms with Gasteiger partial charge in [-0.2, -0.15) is 13.2 Å². The van der Waals surface area contributed by atoms with Crippen LogP contribution in [0.4, 0.5) is 17.6 Å². The van der Waals surface area contributed by atoms with Gasteiger partial charge in [-0.3, -0.25) is 14.8 Å². The van der Waals surface area contributed by atoms with Crippen LogP contribution in [0.3, 0.4) is 0 Å². The Hall–Kier alpha value is -3.30. The van der Waals surface area contributed by atoms with Crippen molar-refractivity contribution in [2.24, 2.45) is 12.0 Å². The molecule has 37 heavy (non-hydrogen) atoms. The topological polar surface area (TPSA) is 63.4 Å². The fourth-order valence-corrected chi connectivity index (χ4v) is 5.27. The van der Waals surface area contributed by atoms with Gasteiger partial charge in [-0.05, 0) is 51.0 Å². The molecule has 3 heterocycles. The molecule has 2 aromatic heterocycles. The van der Waals surface area contributed by atoms with Gasteiger partial charge < -0.3 is 9.47 Å². The van der Waals surface area contributed by atoms with Crippen LogP contribution in [0.2, 0.25) is 0 Å². The van der Waals surface area contributed by atoms with Crippen molar-refractivity contribution in [3.05, 3.63) is 64.2 Å². The quantitative estimate of drug-likeness (QED) is 0.434. The maximum atomic E-state index is 16.2. The molecule has 1 aliphatic heterocycles. The number of carbonyl (C=O) groups is 1. The lowest BCUT2D eigenvalue weighted by Gasteiger charge is -2.40. The van der Waals surface area contributed by atoms with Crippen LogP contribution in [0.15, 0.2) is 35.5 Å². The van der Waals surface area contributed by atoms with Crippen molar-refractivity contribution in [3.8, 4) is 0 Å². The first-order valence-corrected chi connectivity index (χ1v) is 12.2. The van der Waals surface area contributed by atoms with E-state index < -0.39 is 23.5 Å². The molecule has 3 aromatic rings. The van der Waals surface area contributed by atoms with Crippen molar-refractivity contribution in [1.29, 1.82) is 0 Å². The summed E-state index contributed by atoms with van der Waals surface area (Å²) in [6, 6.07) is 4.80. The number of fused-ring (bicyclic) bond motifs is 1. The van der Waals surface area contributed by atoms with Gasteiger partial charge in [-0.15, -0.1) is 0 Å². The number of likely N-dealkylation sites (tertiary alicyclic amines) is 1. The summed E-state index contributed by atoms with van der Waals surface area (Å²) in [4.78, 5) is 27.3. The zero-order chi connectivity index (χ0) is 27.3. The highest BCUT2D eigenvalue weighted by Crippen LogP contribution is 2.39. The van der Waals surface area contributed by atoms with Crippen LogP contribution < -0.4 is 5.49 Å². The maximum absolute atomic E-state index is 16.2. The second kappa shape index (κ2) is 9.54. The lowest BCUT2D eigenvalue weighted by molar-refractivity contribution is -0.138. The van der Waals surface area contributed by atoms with Crippen LogP contribution in [-0.2, 0) is 23.7 Å². The van der Waals surface area contributed by atoms with Crippen LogP contribution in [0.5, 0.6) is 0 Å². The van der Waals surface area contributed by atoms with Gasteiger partial charge in [0.05, 0.1) is 29.0 Å². The number of alkyl halides is 4. The molecular weight excluding hydrogens is 486 g/mol. The molecule has 0 spiro atoms. The largest absolute Gasteiger partial charge is 0.416 e. The summed E-state index contributed by atoms with van der Waals surface area (Å²) in [6.45, 7) is 8.54. The van der Waals surface area contributed by atoms with E-state index in [1.165, 1.54) is 19.9 Å². The SMILES string of the molecule is CC(=O)N1CCC(F)(c2cc3/c(=N/C(C)c4cccc(C(F)(F)F)c4C)nc(C)n(C)c3cn2)C[C@H]1C. The zero-order valence-corrected chi connectivity index (χ0v) is 21.8. The van der Waals surface area contributed by atoms with E-state index in [1.807, 2.05) is 18.5 Å². The smallest absolute Gasteiger partial charge is 0.340 e. The van der Waals surface area contributed by atoms with Gasteiger partial charge in [-0.1, -0.05) is 12.1 Å². The molecule has 3 atom stereocenters. The molecule has 0 radical (unpaired) electrons. The minimum atomic E-state index is -4.47. The van der Waals surface area contributed by atoms with Gasteiger partial charge in [0.25, 0.3) is 0 Å². The summed E-state index contributed by atoms with van der Waals surface area (Å²) >= 11 is 0. The van der Waals surface area contributed by atoms with Crippen molar-refractivity contribution >= 4 is 16.8 Å². The lowest BCUT2D eigenvalue weighted by Crippen LogP contribution is -2.48. The average molecular weight is 518 g/mol. The third-order valence-electron chi connectivity index (χ3n) is 7.45. The third kappa shape index (κ3) is 4.98. The molecule has 198 valence electrons. The molecule has 0 aliphatic carbocycles. The minimum absolute atomic E-state index is 0.0901. The fourth-order valence-electron chi connectivity index (χ4n) is 5.27. The Balaban J connectivity index is 1.83. The molecule has 10 heteroatoms. The van der Waals surface area contributed by atoms with E-state index in [2.05, 4.69) is 9.97 Å². The van der Waals surface area contributed by atoms with Gasteiger partial charge >= 0.3 is 6.18 Å². The number of amides is 1. The average Bonchev–Trinajstić information content (AvgIpc) is 2.81. The second-order valence-corrected chi connectivity index (χ2v) is 9.93. The van der Waals surface area contributed by atoms with Crippen LogP contribution in [-0.4, -0.2) is 37.9 Å². The fraction of sp³-hybridized carbons (Fsp3) is 0.481. The van der Waals surface area contributed by atoms with Crippen molar-refractivity contribution < 1.29 is 22.4 Å². The Bertz CT molecular complexity index is 1430. The number of piperidine rings is 1. The first-order chi connectivity index (χ1) is 17.2. The van der Waals surface area contributed by atoms with Gasteiger partial charge in [-0.25, -0.2) is 9.37 Å². The molecule has 4 rings (SSSR count). The van der Waals surface area contributed by atoms with Gasteiger partial charge in [0.1, 0.15) is 5.82 Å². The highest BCUT2D eigenvalue weighted by molar-refractivity contribution is 5.78. The highest BCUT2D eigenvalue weighted by atomic mass is 19.4. The number of hydrogen-bond acceptors (Lipinski definition) is 4. The summed E-state index contributed by atoms with van der Waals surface area (Å²) in [5.74, 6) is 0.541. The number of hydrogen-bond donors (Lipinski definition) is 0. The lowest BCUT2D eigenvalue weighted by atomic mass is 9.85. The maximum Gasteiger partial charge on any atom is 0.416 e. The highest BCUT2D eigenvalue weighted by Gasteiger charge is 2.42. The normalized spacial score (nSPS) is 21.9. The summed E-state index contributed by atoms with van der Waals surface area (Å²) in [7, 11) is 1.81. The molecule has 1 saturated heterocycles. The summed E-state index contributed by atoms with van der Waals surface area (Å²) < 4.78 is 58.4. The first-order valence-electron chi connectivity index (χ1n) is 12.2. The molecule has 1 aliphatic rings. The number of aromatic nitrogens is 3. The van der Waals surface area contributed by atoms with E-state index in [0.717, 1.165) is 6.07 Å². The number of benzene rings is 1. The van der Waals surface area contributed by atoms with Crippen LogP contribution in [0.1, 0.15) is 67.9 Å². The number of aryl methyl sites for hydroxylation is 2. The summed E-state index contributed by atoms with van der Waals surface area (Å²) in [5.41, 5.74) is -0.638. The Morgan fingerprint density at radius 3 is 2.59 bits per heavy atom. The Labute approximate surface area is 213 Å². The number of rotatable bonds is 3. The predicted molar refractivity (Wildman–Crippen MR) is 132 cm³/mol. The molecule has 0 saturated carbocycles. The van der Waals surface area contributed by atoms with E-state index >= 15 is 4.39 Å². The van der Waals surface area contributed by atoms with Crippen LogP contribution >= 0.6 is 0 Å². The van der Waals surface area contributed by atoms with Gasteiger partial charge in [0.15, 0.2) is 11.2 Å². The molecule has 6 nitrogen and oxygen atoms in total. The Kier molecular flexibility index (Phi) is 6.90. The molecule has 1 fully saturated rings. The van der Waals surface area contributed by atoms with E-state index in [-0.39, 0.29) is 42.6 Å². The van der Waals surface area contributed by atoms with Crippen LogP contribution in [0, 0.1) is 13.8 Å². The number of carbonyl (C=O) groups excluding carboxylic acids is 1. The van der Waals surface area contributed by atoms with E-state index in [1.54, 1.807) is 37.1 Å². The van der Waals surface area contributed by atoms with Gasteiger partial charge in [0.2, 0.25) is 5.91 Å². The standard InChI is InChI=1S/C27H31F4N5O/c1-15-13-26(28,10-11-36(15)19(5)37)24-12-21-23(14-32-24)35(6)18(4)34-25(21)33-17(3)20-8-7-9-22(16(20)2)27(29,30)31/h7-9,12,14-15,17H,10-11,13H2,1-6H3/b33-25-/t15-,17?,26?/m1/s1. The van der Waals surface area contributed by atoms with E-state index in [0.29, 0.717) is 27.8 Å². The number of halogens is 4. The molecule has 2 unspecified atom stereocenters. The van der Waals surface area contributed by atoms with Crippen molar-refractivity contribution in [1.82, 2.24) is 19.4 Å². The molecule has 1 aromatic carbocycles. The third-order valence-corrected chi connectivity index (χ3v) is 7.45. The first kappa shape index (κ1) is 26.8. The van der Waals surface area contributed by atoms with Gasteiger partial charge in [0, 0.05) is 44.8 Å². The van der Waals surface area contributed by atoms with E-state index in [4.69, 9.17) is 4.99 Å². The molecule has 1 amide bonds.